The summed E-state index contributed by atoms with van der Waals surface area (Å²) < 4.78 is 53.0. The first-order chi connectivity index (χ1) is 17.3. The van der Waals surface area contributed by atoms with Crippen molar-refractivity contribution in [3.05, 3.63) is 95.1 Å². The first-order valence-corrected chi connectivity index (χ1v) is 15.0. The predicted octanol–water partition coefficient (Wildman–Crippen LogP) is 6.36. The van der Waals surface area contributed by atoms with E-state index >= 15 is 4.21 Å². The molecule has 0 spiro atoms. The molecule has 0 saturated carbocycles. The zero-order valence-electron chi connectivity index (χ0n) is 21.7. The van der Waals surface area contributed by atoms with Crippen LogP contribution in [0.1, 0.15) is 55.5 Å². The first kappa shape index (κ1) is 26.9. The number of carbonyl (C=O) groups excluding carboxylic acids is 1. The number of aryl methyl sites for hydroxylation is 3. The van der Waals surface area contributed by atoms with E-state index < -0.39 is 37.7 Å². The maximum atomic E-state index is 15.1. The molecule has 3 aromatic carbocycles. The van der Waals surface area contributed by atoms with Crippen LogP contribution in [0.15, 0.2) is 86.4 Å². The van der Waals surface area contributed by atoms with Crippen LogP contribution >= 0.6 is 0 Å². The first-order valence-electron chi connectivity index (χ1n) is 12.1. The normalized spacial score (nSPS) is 16.9. The van der Waals surface area contributed by atoms with Crippen molar-refractivity contribution >= 4 is 26.0 Å². The van der Waals surface area contributed by atoms with Crippen molar-refractivity contribution in [2.75, 3.05) is 0 Å². The second-order valence-corrected chi connectivity index (χ2v) is 14.1. The Morgan fingerprint density at radius 1 is 0.865 bits per heavy atom. The lowest BCUT2D eigenvalue weighted by molar-refractivity contribution is 0.0343. The molecule has 2 atom stereocenters. The molecule has 7 nitrogen and oxygen atoms in total. The van der Waals surface area contributed by atoms with Crippen LogP contribution in [0.4, 0.5) is 4.79 Å². The van der Waals surface area contributed by atoms with Gasteiger partial charge in [0.15, 0.2) is 9.92 Å². The van der Waals surface area contributed by atoms with Crippen LogP contribution in [0.3, 0.4) is 0 Å². The Balaban J connectivity index is 2.01. The topological polar surface area (TPSA) is 93.1 Å². The van der Waals surface area contributed by atoms with Gasteiger partial charge in [-0.05, 0) is 82.9 Å². The minimum Gasteiger partial charge on any atom is -0.443 e. The van der Waals surface area contributed by atoms with Crippen molar-refractivity contribution < 1.29 is 22.2 Å². The van der Waals surface area contributed by atoms with Gasteiger partial charge in [0.25, 0.3) is 10.0 Å². The van der Waals surface area contributed by atoms with Gasteiger partial charge >= 0.3 is 6.09 Å². The van der Waals surface area contributed by atoms with Crippen molar-refractivity contribution in [2.45, 2.75) is 68.9 Å². The summed E-state index contributed by atoms with van der Waals surface area (Å²) in [5.41, 5.74) is 2.67. The second kappa shape index (κ2) is 9.95. The number of sulfonamides is 1. The van der Waals surface area contributed by atoms with Crippen LogP contribution in [-0.2, 0) is 31.1 Å². The van der Waals surface area contributed by atoms with Gasteiger partial charge in [-0.3, -0.25) is 0 Å². The quantitative estimate of drug-likeness (QED) is 0.375. The summed E-state index contributed by atoms with van der Waals surface area (Å²) in [5, 5.41) is 0. The fourth-order valence-corrected chi connectivity index (χ4v) is 8.32. The molecule has 3 aromatic rings. The standard InChI is InChI=1S/C28H32N2O5S2/c1-20-10-15-23(16-11-20)36(32,29-37(33,34)24-17-12-21(2)13-18-24)30(27(31)35-28(3,4)5)26-19-14-22-8-6-7-9-25(22)26/h6-13,15-18,26H,14,19H2,1-5H3/t26-,36?/m1/s1. The summed E-state index contributed by atoms with van der Waals surface area (Å²) in [6, 6.07) is 19.6. The van der Waals surface area contributed by atoms with E-state index in [1.54, 1.807) is 57.2 Å². The molecule has 1 aliphatic carbocycles. The van der Waals surface area contributed by atoms with E-state index in [0.29, 0.717) is 12.8 Å². The van der Waals surface area contributed by atoms with Gasteiger partial charge in [0.1, 0.15) is 5.60 Å². The number of rotatable bonds is 5. The fourth-order valence-electron chi connectivity index (χ4n) is 4.28. The Kier molecular flexibility index (Phi) is 7.23. The van der Waals surface area contributed by atoms with Crippen molar-refractivity contribution in [2.24, 2.45) is 3.77 Å². The van der Waals surface area contributed by atoms with Crippen molar-refractivity contribution in [1.29, 1.82) is 0 Å². The lowest BCUT2D eigenvalue weighted by Crippen LogP contribution is -2.42. The highest BCUT2D eigenvalue weighted by Crippen LogP contribution is 2.41. The van der Waals surface area contributed by atoms with Crippen molar-refractivity contribution in [3.8, 4) is 0 Å². The van der Waals surface area contributed by atoms with Gasteiger partial charge in [0.2, 0.25) is 0 Å². The van der Waals surface area contributed by atoms with Crippen LogP contribution in [0.5, 0.6) is 0 Å². The summed E-state index contributed by atoms with van der Waals surface area (Å²) in [4.78, 5) is 13.8. The number of hydrogen-bond donors (Lipinski definition) is 0. The molecule has 196 valence electrons. The van der Waals surface area contributed by atoms with E-state index in [0.717, 1.165) is 26.6 Å². The average Bonchev–Trinajstić information content (AvgIpc) is 3.22. The molecule has 0 radical (unpaired) electrons. The smallest absolute Gasteiger partial charge is 0.423 e. The third-order valence-electron chi connectivity index (χ3n) is 6.07. The number of amides is 1. The number of ether oxygens (including phenoxy) is 1. The molecule has 0 saturated heterocycles. The average molecular weight is 541 g/mol. The third kappa shape index (κ3) is 5.72. The van der Waals surface area contributed by atoms with Crippen molar-refractivity contribution in [1.82, 2.24) is 4.31 Å². The zero-order chi connectivity index (χ0) is 27.0. The highest BCUT2D eigenvalue weighted by atomic mass is 32.3. The monoisotopic (exact) mass is 540 g/mol. The van der Waals surface area contributed by atoms with Gasteiger partial charge in [-0.1, -0.05) is 63.4 Å². The lowest BCUT2D eigenvalue weighted by atomic mass is 10.1. The molecule has 37 heavy (non-hydrogen) atoms. The van der Waals surface area contributed by atoms with Crippen molar-refractivity contribution in [3.63, 3.8) is 0 Å². The molecule has 0 heterocycles. The Morgan fingerprint density at radius 2 is 1.41 bits per heavy atom. The summed E-state index contributed by atoms with van der Waals surface area (Å²) in [5.74, 6) is 0. The van der Waals surface area contributed by atoms with Gasteiger partial charge < -0.3 is 4.74 Å². The number of fused-ring (bicyclic) bond motifs is 1. The largest absolute Gasteiger partial charge is 0.443 e. The predicted molar refractivity (Wildman–Crippen MR) is 144 cm³/mol. The van der Waals surface area contributed by atoms with Crippen LogP contribution in [0, 0.1) is 13.8 Å². The second-order valence-electron chi connectivity index (χ2n) is 10.2. The van der Waals surface area contributed by atoms with Crippen LogP contribution < -0.4 is 0 Å². The zero-order valence-corrected chi connectivity index (χ0v) is 23.3. The van der Waals surface area contributed by atoms with Gasteiger partial charge in [-0.2, -0.15) is 8.42 Å². The van der Waals surface area contributed by atoms with E-state index in [9.17, 15) is 13.2 Å². The molecule has 0 bridgehead atoms. The van der Waals surface area contributed by atoms with E-state index in [1.165, 1.54) is 12.1 Å². The highest BCUT2D eigenvalue weighted by molar-refractivity contribution is 8.02. The van der Waals surface area contributed by atoms with Crippen LogP contribution in [-0.4, -0.2) is 28.6 Å². The third-order valence-corrected chi connectivity index (χ3v) is 10.4. The molecule has 1 unspecified atom stereocenters. The summed E-state index contributed by atoms with van der Waals surface area (Å²) in [6.45, 7) is 8.83. The number of hydrogen-bond acceptors (Lipinski definition) is 5. The summed E-state index contributed by atoms with van der Waals surface area (Å²) >= 11 is 0. The molecule has 4 rings (SSSR count). The van der Waals surface area contributed by atoms with Gasteiger partial charge in [0, 0.05) is 0 Å². The SMILES string of the molecule is Cc1ccc(S(=O)(=O)N=S(=O)(c2ccc(C)cc2)N(C(=O)OC(C)(C)C)[C@@H]2CCc3ccccc32)cc1. The minimum atomic E-state index is -4.42. The number of nitrogens with zero attached hydrogens (tertiary/aromatic N) is 2. The molecule has 0 fully saturated rings. The Labute approximate surface area is 219 Å². The lowest BCUT2D eigenvalue weighted by Gasteiger charge is -2.33. The van der Waals surface area contributed by atoms with E-state index in [-0.39, 0.29) is 9.79 Å². The van der Waals surface area contributed by atoms with Crippen LogP contribution in [0.25, 0.3) is 0 Å². The summed E-state index contributed by atoms with van der Waals surface area (Å²) in [6.07, 6.45) is 0.221. The minimum absolute atomic E-state index is 0.103. The fraction of sp³-hybridized carbons (Fsp3) is 0.321. The molecule has 0 aliphatic heterocycles. The van der Waals surface area contributed by atoms with E-state index in [1.807, 2.05) is 38.1 Å². The number of benzene rings is 3. The van der Waals surface area contributed by atoms with Gasteiger partial charge in [0.05, 0.1) is 15.8 Å². The molecule has 0 N–H and O–H groups in total. The molecule has 0 aromatic heterocycles. The maximum absolute atomic E-state index is 15.1. The Hall–Kier alpha value is -3.17. The Bertz CT molecular complexity index is 1530. The molecular weight excluding hydrogens is 508 g/mol. The van der Waals surface area contributed by atoms with Gasteiger partial charge in [-0.25, -0.2) is 13.3 Å². The van der Waals surface area contributed by atoms with E-state index in [2.05, 4.69) is 3.77 Å². The van der Waals surface area contributed by atoms with E-state index in [4.69, 9.17) is 4.74 Å². The summed E-state index contributed by atoms with van der Waals surface area (Å²) in [7, 11) is -8.47. The van der Waals surface area contributed by atoms with Crippen LogP contribution in [0.2, 0.25) is 0 Å². The number of carbonyl (C=O) groups is 1. The maximum Gasteiger partial charge on any atom is 0.423 e. The Morgan fingerprint density at radius 3 is 1.97 bits per heavy atom. The molecular formula is C28H32N2O5S2. The molecule has 1 aliphatic rings. The highest BCUT2D eigenvalue weighted by Gasteiger charge is 2.42. The molecule has 1 amide bonds. The van der Waals surface area contributed by atoms with Gasteiger partial charge in [-0.15, -0.1) is 0 Å². The molecule has 9 heteroatoms.